The molecule has 0 aliphatic rings. The molecule has 2 aromatic rings. The Balaban J connectivity index is 1.99. The molecular weight excluding hydrogens is 296 g/mol. The Bertz CT molecular complexity index is 597. The molecule has 1 aromatic heterocycles. The Labute approximate surface area is 136 Å². The summed E-state index contributed by atoms with van der Waals surface area (Å²) in [5, 5.41) is 14.2. The van der Waals surface area contributed by atoms with E-state index in [1.807, 2.05) is 38.1 Å². The first-order valence-electron chi connectivity index (χ1n) is 7.87. The molecule has 1 atom stereocenters. The van der Waals surface area contributed by atoms with Crippen LogP contribution < -0.4 is 10.1 Å². The second kappa shape index (κ2) is 8.88. The number of aromatic nitrogens is 1. The summed E-state index contributed by atoms with van der Waals surface area (Å²) >= 11 is 0. The molecule has 0 aliphatic heterocycles. The van der Waals surface area contributed by atoms with Crippen LogP contribution in [0.5, 0.6) is 5.75 Å². The van der Waals surface area contributed by atoms with Crippen molar-refractivity contribution in [2.75, 3.05) is 33.5 Å². The number of nitrogens with one attached hydrogen (secondary N) is 2. The van der Waals surface area contributed by atoms with Crippen LogP contribution in [0.1, 0.15) is 25.8 Å². The van der Waals surface area contributed by atoms with Gasteiger partial charge in [-0.2, -0.15) is 0 Å². The fourth-order valence-corrected chi connectivity index (χ4v) is 2.28. The number of ether oxygens (including phenoxy) is 3. The van der Waals surface area contributed by atoms with Gasteiger partial charge in [-0.15, -0.1) is 0 Å². The molecule has 128 valence electrons. The second-order valence-corrected chi connectivity index (χ2v) is 5.62. The summed E-state index contributed by atoms with van der Waals surface area (Å²) in [6.45, 7) is 6.10. The molecule has 0 amide bonds. The van der Waals surface area contributed by atoms with Gasteiger partial charge in [-0.25, -0.2) is 0 Å². The minimum atomic E-state index is -0.729. The molecule has 1 aromatic carbocycles. The van der Waals surface area contributed by atoms with Gasteiger partial charge >= 0.3 is 0 Å². The summed E-state index contributed by atoms with van der Waals surface area (Å²) in [6.07, 6.45) is -0.729. The largest absolute Gasteiger partial charge is 0.490 e. The van der Waals surface area contributed by atoms with Gasteiger partial charge in [0.25, 0.3) is 0 Å². The van der Waals surface area contributed by atoms with Crippen molar-refractivity contribution >= 4 is 10.9 Å². The Kier molecular flexibility index (Phi) is 6.85. The molecule has 0 bridgehead atoms. The zero-order valence-electron chi connectivity index (χ0n) is 14.0. The maximum atomic E-state index is 10.2. The average Bonchev–Trinajstić information content (AvgIpc) is 2.95. The molecule has 1 heterocycles. The number of fused-ring (bicyclic) bond motifs is 1. The number of aromatic amines is 1. The highest BCUT2D eigenvalue weighted by molar-refractivity contribution is 5.86. The van der Waals surface area contributed by atoms with Gasteiger partial charge in [0.1, 0.15) is 18.6 Å². The van der Waals surface area contributed by atoms with Crippen molar-refractivity contribution in [1.29, 1.82) is 0 Å². The van der Waals surface area contributed by atoms with Gasteiger partial charge in [-0.05, 0) is 32.0 Å². The van der Waals surface area contributed by atoms with E-state index in [0.29, 0.717) is 26.4 Å². The summed E-state index contributed by atoms with van der Waals surface area (Å²) < 4.78 is 16.1. The van der Waals surface area contributed by atoms with E-state index in [2.05, 4.69) is 10.3 Å². The van der Waals surface area contributed by atoms with E-state index in [0.717, 1.165) is 22.3 Å². The van der Waals surface area contributed by atoms with E-state index in [9.17, 15) is 5.11 Å². The van der Waals surface area contributed by atoms with Crippen molar-refractivity contribution in [3.05, 3.63) is 30.0 Å². The number of methoxy groups -OCH3 is 1. The minimum absolute atomic E-state index is 0.191. The summed E-state index contributed by atoms with van der Waals surface area (Å²) in [5.74, 6) is 0.775. The normalized spacial score (nSPS) is 12.9. The lowest BCUT2D eigenvalue weighted by Gasteiger charge is -2.13. The quantitative estimate of drug-likeness (QED) is 0.462. The fraction of sp³-hybridized carbons (Fsp3) is 0.529. The SMILES string of the molecule is COCCOCCOc1cccc2[nH]c(C(O)NC(C)C)cc12. The predicted molar refractivity (Wildman–Crippen MR) is 89.7 cm³/mol. The van der Waals surface area contributed by atoms with Crippen molar-refractivity contribution in [3.8, 4) is 5.75 Å². The zero-order chi connectivity index (χ0) is 16.7. The van der Waals surface area contributed by atoms with Crippen molar-refractivity contribution < 1.29 is 19.3 Å². The molecule has 1 unspecified atom stereocenters. The van der Waals surface area contributed by atoms with Crippen LogP contribution >= 0.6 is 0 Å². The average molecular weight is 322 g/mol. The van der Waals surface area contributed by atoms with Gasteiger partial charge in [-0.1, -0.05) is 6.07 Å². The first-order chi connectivity index (χ1) is 11.1. The number of aliphatic hydroxyl groups excluding tert-OH is 1. The van der Waals surface area contributed by atoms with Crippen LogP contribution in [-0.2, 0) is 9.47 Å². The molecule has 0 saturated heterocycles. The van der Waals surface area contributed by atoms with Crippen LogP contribution in [0, 0.1) is 0 Å². The molecular formula is C17H26N2O4. The highest BCUT2D eigenvalue weighted by atomic mass is 16.5. The first-order valence-corrected chi connectivity index (χ1v) is 7.87. The van der Waals surface area contributed by atoms with E-state index in [1.54, 1.807) is 7.11 Å². The van der Waals surface area contributed by atoms with E-state index in [-0.39, 0.29) is 6.04 Å². The van der Waals surface area contributed by atoms with Gasteiger partial charge in [0.05, 0.1) is 25.5 Å². The second-order valence-electron chi connectivity index (χ2n) is 5.62. The van der Waals surface area contributed by atoms with Gasteiger partial charge in [0.15, 0.2) is 0 Å². The third kappa shape index (κ3) is 5.21. The van der Waals surface area contributed by atoms with E-state index in [4.69, 9.17) is 14.2 Å². The number of hydrogen-bond donors (Lipinski definition) is 3. The molecule has 23 heavy (non-hydrogen) atoms. The number of rotatable bonds is 10. The maximum Gasteiger partial charge on any atom is 0.146 e. The van der Waals surface area contributed by atoms with Gasteiger partial charge in [0, 0.05) is 24.1 Å². The number of benzene rings is 1. The molecule has 0 fully saturated rings. The van der Waals surface area contributed by atoms with Crippen LogP contribution in [0.2, 0.25) is 0 Å². The summed E-state index contributed by atoms with van der Waals surface area (Å²) in [4.78, 5) is 3.22. The standard InChI is InChI=1S/C17H26N2O4/c1-12(2)18-17(20)15-11-13-14(19-15)5-4-6-16(13)23-10-9-22-8-7-21-3/h4-6,11-12,17-20H,7-10H2,1-3H3. The highest BCUT2D eigenvalue weighted by Crippen LogP contribution is 2.28. The lowest BCUT2D eigenvalue weighted by atomic mass is 10.2. The molecule has 0 aliphatic carbocycles. The van der Waals surface area contributed by atoms with Crippen LogP contribution in [0.25, 0.3) is 10.9 Å². The highest BCUT2D eigenvalue weighted by Gasteiger charge is 2.13. The van der Waals surface area contributed by atoms with Crippen LogP contribution in [-0.4, -0.2) is 49.7 Å². The first kappa shape index (κ1) is 17.7. The Morgan fingerprint density at radius 2 is 1.96 bits per heavy atom. The van der Waals surface area contributed by atoms with E-state index >= 15 is 0 Å². The number of hydrogen-bond acceptors (Lipinski definition) is 5. The molecule has 0 spiro atoms. The van der Waals surface area contributed by atoms with Crippen LogP contribution in [0.15, 0.2) is 24.3 Å². The number of H-pyrrole nitrogens is 1. The molecule has 6 heteroatoms. The summed E-state index contributed by atoms with van der Waals surface area (Å²) in [7, 11) is 1.65. The minimum Gasteiger partial charge on any atom is -0.490 e. The van der Waals surface area contributed by atoms with E-state index < -0.39 is 6.23 Å². The summed E-state index contributed by atoms with van der Waals surface area (Å²) in [6, 6.07) is 7.90. The van der Waals surface area contributed by atoms with Gasteiger partial charge in [-0.3, -0.25) is 5.32 Å². The Morgan fingerprint density at radius 1 is 1.17 bits per heavy atom. The lowest BCUT2D eigenvalue weighted by molar-refractivity contribution is 0.0547. The van der Waals surface area contributed by atoms with Crippen molar-refractivity contribution in [3.63, 3.8) is 0 Å². The summed E-state index contributed by atoms with van der Waals surface area (Å²) in [5.41, 5.74) is 1.66. The molecule has 3 N–H and O–H groups in total. The third-order valence-corrected chi connectivity index (χ3v) is 3.35. The molecule has 0 radical (unpaired) electrons. The van der Waals surface area contributed by atoms with Crippen LogP contribution in [0.4, 0.5) is 0 Å². The predicted octanol–water partition coefficient (Wildman–Crippen LogP) is 2.20. The fourth-order valence-electron chi connectivity index (χ4n) is 2.28. The topological polar surface area (TPSA) is 75.7 Å². The maximum absolute atomic E-state index is 10.2. The van der Waals surface area contributed by atoms with Gasteiger partial charge in [0.2, 0.25) is 0 Å². The third-order valence-electron chi connectivity index (χ3n) is 3.35. The Hall–Kier alpha value is -1.60. The zero-order valence-corrected chi connectivity index (χ0v) is 14.0. The van der Waals surface area contributed by atoms with E-state index in [1.165, 1.54) is 0 Å². The Morgan fingerprint density at radius 3 is 2.70 bits per heavy atom. The van der Waals surface area contributed by atoms with Crippen molar-refractivity contribution in [2.45, 2.75) is 26.1 Å². The lowest BCUT2D eigenvalue weighted by Crippen LogP contribution is -2.27. The monoisotopic (exact) mass is 322 g/mol. The van der Waals surface area contributed by atoms with Crippen LogP contribution in [0.3, 0.4) is 0 Å². The molecule has 0 saturated carbocycles. The smallest absolute Gasteiger partial charge is 0.146 e. The van der Waals surface area contributed by atoms with Crippen molar-refractivity contribution in [2.24, 2.45) is 0 Å². The molecule has 2 rings (SSSR count). The van der Waals surface area contributed by atoms with Crippen molar-refractivity contribution in [1.82, 2.24) is 10.3 Å². The molecule has 6 nitrogen and oxygen atoms in total. The number of aliphatic hydroxyl groups is 1. The van der Waals surface area contributed by atoms with Gasteiger partial charge < -0.3 is 24.3 Å².